The summed E-state index contributed by atoms with van der Waals surface area (Å²) >= 11 is 0. The minimum absolute atomic E-state index is 0.592. The Labute approximate surface area is 368 Å². The molecule has 0 amide bonds. The number of furan rings is 1. The molecule has 0 unspecified atom stereocenters. The molecule has 0 saturated heterocycles. The van der Waals surface area contributed by atoms with Gasteiger partial charge >= 0.3 is 0 Å². The predicted octanol–water partition coefficient (Wildman–Crippen LogP) is 15.5. The van der Waals surface area contributed by atoms with E-state index in [1.807, 2.05) is 18.2 Å². The molecule has 0 aliphatic carbocycles. The average Bonchev–Trinajstić information content (AvgIpc) is 3.92. The first kappa shape index (κ1) is 36.0. The van der Waals surface area contributed by atoms with Crippen LogP contribution in [0, 0.1) is 0 Å². The largest absolute Gasteiger partial charge is 0.456 e. The highest BCUT2D eigenvalue weighted by molar-refractivity contribution is 6.23. The lowest BCUT2D eigenvalue weighted by Gasteiger charge is -2.12. The van der Waals surface area contributed by atoms with Crippen LogP contribution in [0.15, 0.2) is 223 Å². The van der Waals surface area contributed by atoms with Gasteiger partial charge in [0.25, 0.3) is 0 Å². The third-order valence-corrected chi connectivity index (χ3v) is 12.7. The first-order valence-electron chi connectivity index (χ1n) is 21.6. The molecule has 0 aliphatic rings. The Morgan fingerprint density at radius 3 is 1.70 bits per heavy atom. The smallest absolute Gasteiger partial charge is 0.164 e. The van der Waals surface area contributed by atoms with E-state index in [2.05, 4.69) is 205 Å². The Morgan fingerprint density at radius 1 is 0.312 bits per heavy atom. The van der Waals surface area contributed by atoms with Gasteiger partial charge < -0.3 is 8.98 Å². The Morgan fingerprint density at radius 2 is 0.891 bits per heavy atom. The van der Waals surface area contributed by atoms with Gasteiger partial charge in [-0.3, -0.25) is 0 Å². The second-order valence-electron chi connectivity index (χ2n) is 16.3. The van der Waals surface area contributed by atoms with Gasteiger partial charge in [0.2, 0.25) is 0 Å². The second kappa shape index (κ2) is 14.5. The summed E-state index contributed by atoms with van der Waals surface area (Å²) in [6, 6.07) is 76.8. The normalized spacial score (nSPS) is 11.8. The molecular weight excluding hydrogens is 781 g/mol. The molecule has 0 spiro atoms. The van der Waals surface area contributed by atoms with E-state index in [-0.39, 0.29) is 0 Å². The summed E-state index contributed by atoms with van der Waals surface area (Å²) in [5, 5.41) is 9.04. The topological polar surface area (TPSA) is 56.7 Å². The van der Waals surface area contributed by atoms with Crippen molar-refractivity contribution in [2.24, 2.45) is 0 Å². The van der Waals surface area contributed by atoms with Crippen LogP contribution in [0.1, 0.15) is 0 Å². The summed E-state index contributed by atoms with van der Waals surface area (Å²) in [7, 11) is 0. The molecule has 298 valence electrons. The van der Waals surface area contributed by atoms with Crippen LogP contribution >= 0.6 is 0 Å². The monoisotopic (exact) mass is 816 g/mol. The Kier molecular flexibility index (Phi) is 8.15. The maximum absolute atomic E-state index is 6.71. The number of nitrogens with zero attached hydrogens (tertiary/aromatic N) is 4. The summed E-state index contributed by atoms with van der Waals surface area (Å²) in [4.78, 5) is 15.8. The highest BCUT2D eigenvalue weighted by Gasteiger charge is 2.21. The maximum atomic E-state index is 6.71. The van der Waals surface area contributed by atoms with Crippen molar-refractivity contribution < 1.29 is 4.42 Å². The highest BCUT2D eigenvalue weighted by Crippen LogP contribution is 2.43. The molecule has 13 aromatic rings. The van der Waals surface area contributed by atoms with E-state index in [0.717, 1.165) is 77.1 Å². The lowest BCUT2D eigenvalue weighted by atomic mass is 9.92. The number of rotatable bonds is 6. The van der Waals surface area contributed by atoms with E-state index in [1.165, 1.54) is 32.8 Å². The van der Waals surface area contributed by atoms with Crippen LogP contribution in [0.25, 0.3) is 127 Å². The fourth-order valence-corrected chi connectivity index (χ4v) is 9.72. The summed E-state index contributed by atoms with van der Waals surface area (Å²) in [5.41, 5.74) is 12.4. The van der Waals surface area contributed by atoms with Crippen LogP contribution in [0.4, 0.5) is 0 Å². The summed E-state index contributed by atoms with van der Waals surface area (Å²) in [6.07, 6.45) is 0. The van der Waals surface area contributed by atoms with Gasteiger partial charge in [-0.1, -0.05) is 170 Å². The third-order valence-electron chi connectivity index (χ3n) is 12.7. The summed E-state index contributed by atoms with van der Waals surface area (Å²) in [6.45, 7) is 0. The molecule has 5 heteroatoms. The third kappa shape index (κ3) is 5.75. The average molecular weight is 817 g/mol. The minimum Gasteiger partial charge on any atom is -0.456 e. The lowest BCUT2D eigenvalue weighted by Crippen LogP contribution is -2.00. The van der Waals surface area contributed by atoms with Gasteiger partial charge in [0.05, 0.1) is 11.0 Å². The van der Waals surface area contributed by atoms with Gasteiger partial charge in [0.15, 0.2) is 17.5 Å². The molecule has 13 rings (SSSR count). The van der Waals surface area contributed by atoms with Gasteiger partial charge in [0, 0.05) is 43.9 Å². The van der Waals surface area contributed by atoms with Crippen molar-refractivity contribution in [1.29, 1.82) is 0 Å². The van der Waals surface area contributed by atoms with Crippen LogP contribution in [-0.4, -0.2) is 19.5 Å². The van der Waals surface area contributed by atoms with Crippen LogP contribution in [0.2, 0.25) is 0 Å². The van der Waals surface area contributed by atoms with Crippen molar-refractivity contribution in [2.45, 2.75) is 0 Å². The van der Waals surface area contributed by atoms with Gasteiger partial charge in [-0.05, 0) is 92.3 Å². The van der Waals surface area contributed by atoms with E-state index < -0.39 is 0 Å². The minimum atomic E-state index is 0.592. The first-order chi connectivity index (χ1) is 31.7. The fourth-order valence-electron chi connectivity index (χ4n) is 9.72. The number of hydrogen-bond donors (Lipinski definition) is 0. The number of para-hydroxylation sites is 1. The van der Waals surface area contributed by atoms with Crippen LogP contribution in [-0.2, 0) is 0 Å². The Balaban J connectivity index is 1.00. The van der Waals surface area contributed by atoms with Crippen LogP contribution in [0.5, 0.6) is 0 Å². The van der Waals surface area contributed by atoms with Gasteiger partial charge in [-0.2, -0.15) is 0 Å². The zero-order valence-electron chi connectivity index (χ0n) is 34.5. The molecule has 3 heterocycles. The molecule has 0 saturated carbocycles. The summed E-state index contributed by atoms with van der Waals surface area (Å²) < 4.78 is 9.06. The van der Waals surface area contributed by atoms with E-state index >= 15 is 0 Å². The SMILES string of the molecule is c1ccc(-c2ccc(-n3c4ccccc4c4c(-c5nc(-c6ccccc6)nc(-c6ccc7oc8cc(-c9cccc%10ccccc9%10)c9ccccc9c8c7c6)n5)cccc43)cc2)cc1. The molecule has 0 N–H and O–H groups in total. The van der Waals surface area contributed by atoms with Crippen molar-refractivity contribution in [2.75, 3.05) is 0 Å². The quantitative estimate of drug-likeness (QED) is 0.168. The maximum Gasteiger partial charge on any atom is 0.164 e. The van der Waals surface area contributed by atoms with Gasteiger partial charge in [0.1, 0.15) is 11.2 Å². The molecular formula is C59H36N4O. The van der Waals surface area contributed by atoms with Gasteiger partial charge in [-0.25, -0.2) is 15.0 Å². The van der Waals surface area contributed by atoms with Gasteiger partial charge in [-0.15, -0.1) is 0 Å². The number of benzene rings is 10. The van der Waals surface area contributed by atoms with Crippen LogP contribution < -0.4 is 0 Å². The Bertz CT molecular complexity index is 3940. The standard InChI is InChI=1S/C59H36N4O/c1-3-15-37(16-4-1)38-29-32-42(33-30-38)63-51-27-12-11-24-47(51)55-48(26-14-28-52(55)63)59-61-57(40-18-5-2-6-19-40)60-58(62-59)41-31-34-53-50(35-41)56-46-23-10-9-22-45(46)49(36-54(56)64-53)44-25-13-20-39-17-7-8-21-43(39)44/h1-36H. The molecule has 0 bridgehead atoms. The summed E-state index contributed by atoms with van der Waals surface area (Å²) in [5.74, 6) is 1.81. The first-order valence-corrected chi connectivity index (χ1v) is 21.6. The highest BCUT2D eigenvalue weighted by atomic mass is 16.3. The van der Waals surface area contributed by atoms with Crippen molar-refractivity contribution >= 4 is 65.3 Å². The predicted molar refractivity (Wildman–Crippen MR) is 264 cm³/mol. The number of fused-ring (bicyclic) bond motifs is 9. The molecule has 3 aromatic heterocycles. The van der Waals surface area contributed by atoms with E-state index in [0.29, 0.717) is 17.5 Å². The van der Waals surface area contributed by atoms with Crippen molar-refractivity contribution in [3.63, 3.8) is 0 Å². The van der Waals surface area contributed by atoms with E-state index in [4.69, 9.17) is 19.4 Å². The zero-order valence-corrected chi connectivity index (χ0v) is 34.5. The Hall–Kier alpha value is -8.67. The van der Waals surface area contributed by atoms with Crippen LogP contribution in [0.3, 0.4) is 0 Å². The van der Waals surface area contributed by atoms with E-state index in [1.54, 1.807) is 0 Å². The van der Waals surface area contributed by atoms with E-state index in [9.17, 15) is 0 Å². The lowest BCUT2D eigenvalue weighted by molar-refractivity contribution is 0.669. The molecule has 10 aromatic carbocycles. The van der Waals surface area contributed by atoms with Crippen molar-refractivity contribution in [3.8, 4) is 62.1 Å². The molecule has 0 aliphatic heterocycles. The molecule has 5 nitrogen and oxygen atoms in total. The molecule has 0 radical (unpaired) electrons. The second-order valence-corrected chi connectivity index (χ2v) is 16.3. The molecule has 0 fully saturated rings. The molecule has 0 atom stereocenters. The number of hydrogen-bond acceptors (Lipinski definition) is 4. The van der Waals surface area contributed by atoms with Crippen molar-refractivity contribution in [3.05, 3.63) is 218 Å². The fraction of sp³-hybridized carbons (Fsp3) is 0. The molecule has 64 heavy (non-hydrogen) atoms. The zero-order chi connectivity index (χ0) is 42.1. The van der Waals surface area contributed by atoms with Crippen molar-refractivity contribution in [1.82, 2.24) is 19.5 Å². The number of aromatic nitrogens is 4.